The average Bonchev–Trinajstić information content (AvgIpc) is 3.30. The predicted octanol–water partition coefficient (Wildman–Crippen LogP) is 9.25. The van der Waals surface area contributed by atoms with Crippen LogP contribution in [0.3, 0.4) is 0 Å². The summed E-state index contributed by atoms with van der Waals surface area (Å²) in [5.41, 5.74) is 1.78. The summed E-state index contributed by atoms with van der Waals surface area (Å²) in [5, 5.41) is 0.0553. The third-order valence-electron chi connectivity index (χ3n) is 7.61. The fraction of sp³-hybridized carbons (Fsp3) is 0.406. The first-order chi connectivity index (χ1) is 20.1. The molecule has 10 heteroatoms. The van der Waals surface area contributed by atoms with Gasteiger partial charge in [0.25, 0.3) is 0 Å². The van der Waals surface area contributed by atoms with Crippen LogP contribution >= 0.6 is 46.4 Å². The van der Waals surface area contributed by atoms with Crippen molar-refractivity contribution < 1.29 is 19.0 Å². The molecule has 3 aromatic rings. The number of halogens is 4. The maximum absolute atomic E-state index is 13.8. The SMILES string of the molecule is CCOc1cc(N(CC)CC)ccc1C1(c2ccc(N(CC)CC)cc2OCC)OC(=O)c2c(Cl)c(Cl)c(Cl)c(Cl)c21. The lowest BCUT2D eigenvalue weighted by Gasteiger charge is -2.35. The summed E-state index contributed by atoms with van der Waals surface area (Å²) in [6.45, 7) is 16.1. The van der Waals surface area contributed by atoms with Crippen LogP contribution in [0.25, 0.3) is 0 Å². The van der Waals surface area contributed by atoms with Crippen molar-refractivity contribution in [3.63, 3.8) is 0 Å². The van der Waals surface area contributed by atoms with Crippen LogP contribution in [0.4, 0.5) is 11.4 Å². The molecule has 42 heavy (non-hydrogen) atoms. The van der Waals surface area contributed by atoms with Crippen LogP contribution in [0.5, 0.6) is 11.5 Å². The number of esters is 1. The van der Waals surface area contributed by atoms with Crippen molar-refractivity contribution in [3.05, 3.63) is 78.7 Å². The second-order valence-electron chi connectivity index (χ2n) is 9.65. The number of cyclic esters (lactones) is 1. The lowest BCUT2D eigenvalue weighted by atomic mass is 9.78. The summed E-state index contributed by atoms with van der Waals surface area (Å²) in [6, 6.07) is 11.7. The van der Waals surface area contributed by atoms with Gasteiger partial charge in [-0.2, -0.15) is 0 Å². The highest BCUT2D eigenvalue weighted by atomic mass is 35.5. The zero-order valence-corrected chi connectivity index (χ0v) is 27.8. The Hall–Kier alpha value is -2.51. The third kappa shape index (κ3) is 5.36. The summed E-state index contributed by atoms with van der Waals surface area (Å²) in [6.07, 6.45) is 0. The monoisotopic (exact) mass is 652 g/mol. The smallest absolute Gasteiger partial charge is 0.341 e. The molecule has 1 aliphatic heterocycles. The van der Waals surface area contributed by atoms with Crippen molar-refractivity contribution in [2.24, 2.45) is 0 Å². The first-order valence-corrected chi connectivity index (χ1v) is 15.8. The van der Waals surface area contributed by atoms with Crippen molar-refractivity contribution in [1.82, 2.24) is 0 Å². The Kier molecular flexibility index (Phi) is 10.4. The minimum Gasteiger partial charge on any atom is -0.493 e. The van der Waals surface area contributed by atoms with Gasteiger partial charge in [0.05, 0.1) is 38.9 Å². The van der Waals surface area contributed by atoms with Crippen molar-refractivity contribution in [3.8, 4) is 11.5 Å². The van der Waals surface area contributed by atoms with Crippen LogP contribution in [-0.4, -0.2) is 45.4 Å². The van der Waals surface area contributed by atoms with Gasteiger partial charge in [0.2, 0.25) is 0 Å². The first kappa shape index (κ1) is 32.4. The van der Waals surface area contributed by atoms with Crippen molar-refractivity contribution in [2.45, 2.75) is 47.1 Å². The lowest BCUT2D eigenvalue weighted by Crippen LogP contribution is -2.32. The van der Waals surface area contributed by atoms with E-state index in [0.717, 1.165) is 37.6 Å². The number of hydrogen-bond acceptors (Lipinski definition) is 6. The van der Waals surface area contributed by atoms with Gasteiger partial charge in [0.1, 0.15) is 11.5 Å². The largest absolute Gasteiger partial charge is 0.493 e. The van der Waals surface area contributed by atoms with E-state index in [1.807, 2.05) is 50.2 Å². The Morgan fingerprint density at radius 2 is 1.10 bits per heavy atom. The van der Waals surface area contributed by atoms with Gasteiger partial charge in [-0.25, -0.2) is 4.79 Å². The number of carbonyl (C=O) groups excluding carboxylic acids is 1. The van der Waals surface area contributed by atoms with Gasteiger partial charge in [-0.05, 0) is 65.8 Å². The minimum absolute atomic E-state index is 0.0151. The van der Waals surface area contributed by atoms with Gasteiger partial charge in [-0.3, -0.25) is 0 Å². The first-order valence-electron chi connectivity index (χ1n) is 14.3. The minimum atomic E-state index is -1.61. The Labute approximate surface area is 268 Å². The van der Waals surface area contributed by atoms with Gasteiger partial charge >= 0.3 is 5.97 Å². The van der Waals surface area contributed by atoms with Crippen molar-refractivity contribution >= 4 is 63.7 Å². The summed E-state index contributed by atoms with van der Waals surface area (Å²) in [5.74, 6) is 0.369. The van der Waals surface area contributed by atoms with Crippen molar-refractivity contribution in [1.29, 1.82) is 0 Å². The van der Waals surface area contributed by atoms with Crippen molar-refractivity contribution in [2.75, 3.05) is 49.2 Å². The number of anilines is 2. The molecular weight excluding hydrogens is 618 g/mol. The van der Waals surface area contributed by atoms with Crippen LogP contribution in [0.1, 0.15) is 68.6 Å². The standard InChI is InChI=1S/C32H36Cl4N2O4/c1-7-37(8-2)19-13-15-21(23(17-19)40-11-5)32(22-16-14-20(38(9-3)10-4)18-24(22)41-12-6)26-25(31(39)42-32)27(33)29(35)30(36)28(26)34/h13-18H,7-12H2,1-6H3. The molecule has 0 bridgehead atoms. The Balaban J connectivity index is 2.17. The topological polar surface area (TPSA) is 51.2 Å². The number of rotatable bonds is 12. The maximum atomic E-state index is 13.8. The zero-order chi connectivity index (χ0) is 30.8. The molecular formula is C32H36Cl4N2O4. The highest BCUT2D eigenvalue weighted by molar-refractivity contribution is 6.53. The number of fused-ring (bicyclic) bond motifs is 1. The molecule has 0 atom stereocenters. The second kappa shape index (κ2) is 13.4. The Morgan fingerprint density at radius 1 is 0.667 bits per heavy atom. The predicted molar refractivity (Wildman–Crippen MR) is 174 cm³/mol. The molecule has 0 saturated heterocycles. The summed E-state index contributed by atoms with van der Waals surface area (Å²) < 4.78 is 18.9. The number of nitrogens with zero attached hydrogens (tertiary/aromatic N) is 2. The van der Waals surface area contributed by atoms with E-state index in [2.05, 4.69) is 37.5 Å². The van der Waals surface area contributed by atoms with Crippen LogP contribution in [-0.2, 0) is 10.3 Å². The molecule has 0 N–H and O–H groups in total. The molecule has 0 radical (unpaired) electrons. The molecule has 0 amide bonds. The molecule has 0 fully saturated rings. The average molecular weight is 654 g/mol. The van der Waals surface area contributed by atoms with Gasteiger partial charge in [0.15, 0.2) is 5.60 Å². The third-order valence-corrected chi connectivity index (χ3v) is 9.42. The number of ether oxygens (including phenoxy) is 3. The number of hydrogen-bond donors (Lipinski definition) is 0. The fourth-order valence-electron chi connectivity index (χ4n) is 5.64. The van der Waals surface area contributed by atoms with E-state index in [0.29, 0.717) is 41.4 Å². The van der Waals surface area contributed by atoms with Crippen LogP contribution in [0.2, 0.25) is 20.1 Å². The molecule has 0 saturated carbocycles. The van der Waals surface area contributed by atoms with Gasteiger partial charge in [-0.15, -0.1) is 0 Å². The number of carbonyl (C=O) groups is 1. The molecule has 3 aromatic carbocycles. The van der Waals surface area contributed by atoms with E-state index in [1.165, 1.54) is 0 Å². The van der Waals surface area contributed by atoms with E-state index >= 15 is 0 Å². The second-order valence-corrected chi connectivity index (χ2v) is 11.2. The summed E-state index contributed by atoms with van der Waals surface area (Å²) in [4.78, 5) is 18.2. The quantitative estimate of drug-likeness (QED) is 0.110. The van der Waals surface area contributed by atoms with E-state index in [9.17, 15) is 4.79 Å². The molecule has 0 aliphatic carbocycles. The normalized spacial score (nSPS) is 13.5. The number of benzene rings is 3. The molecule has 4 rings (SSSR count). The van der Waals surface area contributed by atoms with Gasteiger partial charge < -0.3 is 24.0 Å². The van der Waals surface area contributed by atoms with E-state index in [4.69, 9.17) is 60.6 Å². The fourth-order valence-corrected chi connectivity index (χ4v) is 6.71. The highest BCUT2D eigenvalue weighted by Gasteiger charge is 2.55. The van der Waals surface area contributed by atoms with Crippen LogP contribution in [0, 0.1) is 0 Å². The summed E-state index contributed by atoms with van der Waals surface area (Å²) >= 11 is 26.7. The zero-order valence-electron chi connectivity index (χ0n) is 24.7. The van der Waals surface area contributed by atoms with E-state index in [1.54, 1.807) is 0 Å². The van der Waals surface area contributed by atoms with E-state index in [-0.39, 0.29) is 25.7 Å². The lowest BCUT2D eigenvalue weighted by molar-refractivity contribution is 0.0237. The Bertz CT molecular complexity index is 1410. The maximum Gasteiger partial charge on any atom is 0.341 e. The van der Waals surface area contributed by atoms with Crippen LogP contribution < -0.4 is 19.3 Å². The molecule has 1 aliphatic rings. The molecule has 0 unspecified atom stereocenters. The highest BCUT2D eigenvalue weighted by Crippen LogP contribution is 2.58. The van der Waals surface area contributed by atoms with Crippen LogP contribution in [0.15, 0.2) is 36.4 Å². The molecule has 226 valence electrons. The summed E-state index contributed by atoms with van der Waals surface area (Å²) in [7, 11) is 0. The molecule has 6 nitrogen and oxygen atoms in total. The molecule has 0 aromatic heterocycles. The van der Waals surface area contributed by atoms with E-state index < -0.39 is 11.6 Å². The molecule has 1 heterocycles. The molecule has 0 spiro atoms. The Morgan fingerprint density at radius 3 is 1.50 bits per heavy atom. The van der Waals surface area contributed by atoms with Gasteiger partial charge in [0, 0.05) is 66.4 Å². The van der Waals surface area contributed by atoms with Gasteiger partial charge in [-0.1, -0.05) is 46.4 Å².